The first-order chi connectivity index (χ1) is 13.8. The van der Waals surface area contributed by atoms with Crippen LogP contribution in [0.15, 0.2) is 89.3 Å². The van der Waals surface area contributed by atoms with Crippen LogP contribution in [0.25, 0.3) is 16.3 Å². The van der Waals surface area contributed by atoms with Crippen molar-refractivity contribution in [3.05, 3.63) is 96.1 Å². The molecule has 0 atom stereocenters. The van der Waals surface area contributed by atoms with Gasteiger partial charge in [-0.15, -0.1) is 11.3 Å². The smallest absolute Gasteiger partial charge is 0.248 e. The number of thioether (sulfide) groups is 1. The Hall–Kier alpha value is -2.89. The molecule has 28 heavy (non-hydrogen) atoms. The predicted octanol–water partition coefficient (Wildman–Crippen LogP) is 6.24. The number of hydrogen-bond acceptors (Lipinski definition) is 4. The second kappa shape index (κ2) is 8.87. The maximum Gasteiger partial charge on any atom is 0.248 e. The molecule has 3 nitrogen and oxygen atoms in total. The summed E-state index contributed by atoms with van der Waals surface area (Å²) in [5, 5.41) is 2.92. The topological polar surface area (TPSA) is 42.0 Å². The second-order valence-corrected chi connectivity index (χ2v) is 8.42. The minimum Gasteiger partial charge on any atom is -0.322 e. The summed E-state index contributed by atoms with van der Waals surface area (Å²) in [5.74, 6) is 0.750. The number of fused-ring (bicyclic) bond motifs is 1. The molecule has 0 saturated carbocycles. The molecule has 0 unspecified atom stereocenters. The zero-order valence-electron chi connectivity index (χ0n) is 15.0. The number of aromatic nitrogens is 1. The van der Waals surface area contributed by atoms with Crippen LogP contribution in [0.1, 0.15) is 11.1 Å². The lowest BCUT2D eigenvalue weighted by atomic mass is 10.2. The van der Waals surface area contributed by atoms with Crippen molar-refractivity contribution in [1.29, 1.82) is 0 Å². The van der Waals surface area contributed by atoms with Gasteiger partial charge in [0.15, 0.2) is 4.34 Å². The van der Waals surface area contributed by atoms with Crippen LogP contribution < -0.4 is 5.32 Å². The van der Waals surface area contributed by atoms with Gasteiger partial charge in [-0.3, -0.25) is 4.79 Å². The van der Waals surface area contributed by atoms with Crippen molar-refractivity contribution < 1.29 is 4.79 Å². The Bertz CT molecular complexity index is 1110. The SMILES string of the molecule is O=C(C=Cc1ccccc1)Nc1ccc2nc(SCc3ccccc3)sc2c1. The predicted molar refractivity (Wildman–Crippen MR) is 120 cm³/mol. The van der Waals surface area contributed by atoms with E-state index in [2.05, 4.69) is 34.6 Å². The molecule has 138 valence electrons. The van der Waals surface area contributed by atoms with Gasteiger partial charge in [0, 0.05) is 17.5 Å². The van der Waals surface area contributed by atoms with E-state index in [4.69, 9.17) is 0 Å². The van der Waals surface area contributed by atoms with Gasteiger partial charge >= 0.3 is 0 Å². The van der Waals surface area contributed by atoms with Crippen molar-refractivity contribution >= 4 is 51.0 Å². The number of thiazole rings is 1. The van der Waals surface area contributed by atoms with Crippen molar-refractivity contribution in [3.8, 4) is 0 Å². The standard InChI is InChI=1S/C23H18N2OS2/c26-22(14-11-17-7-3-1-4-8-17)24-19-12-13-20-21(15-19)28-23(25-20)27-16-18-9-5-2-6-10-18/h1-15H,16H2,(H,24,26). The summed E-state index contributed by atoms with van der Waals surface area (Å²) in [6.45, 7) is 0. The largest absolute Gasteiger partial charge is 0.322 e. The third-order valence-electron chi connectivity index (χ3n) is 4.07. The minimum atomic E-state index is -0.147. The molecule has 0 radical (unpaired) electrons. The monoisotopic (exact) mass is 402 g/mol. The molecule has 3 aromatic carbocycles. The van der Waals surface area contributed by atoms with Crippen LogP contribution in [0.5, 0.6) is 0 Å². The number of anilines is 1. The molecule has 1 heterocycles. The number of benzene rings is 3. The highest BCUT2D eigenvalue weighted by Crippen LogP contribution is 2.32. The van der Waals surface area contributed by atoms with Gasteiger partial charge in [0.1, 0.15) is 0 Å². The third-order valence-corrected chi connectivity index (χ3v) is 6.30. The molecular formula is C23H18N2OS2. The summed E-state index contributed by atoms with van der Waals surface area (Å²) in [6, 6.07) is 26.0. The molecule has 0 aliphatic heterocycles. The maximum atomic E-state index is 12.2. The van der Waals surface area contributed by atoms with Crippen molar-refractivity contribution in [2.45, 2.75) is 10.1 Å². The highest BCUT2D eigenvalue weighted by Gasteiger charge is 2.07. The van der Waals surface area contributed by atoms with E-state index in [1.165, 1.54) is 5.56 Å². The van der Waals surface area contributed by atoms with Crippen LogP contribution in [-0.2, 0) is 10.5 Å². The summed E-state index contributed by atoms with van der Waals surface area (Å²) in [7, 11) is 0. The Morgan fingerprint density at radius 3 is 2.54 bits per heavy atom. The molecule has 0 aliphatic carbocycles. The molecule has 1 aromatic heterocycles. The van der Waals surface area contributed by atoms with Gasteiger partial charge in [-0.1, -0.05) is 72.4 Å². The molecule has 4 aromatic rings. The fraction of sp³-hybridized carbons (Fsp3) is 0.0435. The summed E-state index contributed by atoms with van der Waals surface area (Å²) in [6.07, 6.45) is 3.35. The van der Waals surface area contributed by atoms with E-state index < -0.39 is 0 Å². The van der Waals surface area contributed by atoms with Crippen molar-refractivity contribution in [3.63, 3.8) is 0 Å². The Morgan fingerprint density at radius 2 is 1.75 bits per heavy atom. The van der Waals surface area contributed by atoms with E-state index in [-0.39, 0.29) is 5.91 Å². The molecule has 0 saturated heterocycles. The number of carbonyl (C=O) groups excluding carboxylic acids is 1. The van der Waals surface area contributed by atoms with Gasteiger partial charge in [-0.05, 0) is 35.4 Å². The molecule has 5 heteroatoms. The number of amides is 1. The molecule has 0 bridgehead atoms. The van der Waals surface area contributed by atoms with Gasteiger partial charge in [0.25, 0.3) is 0 Å². The van der Waals surface area contributed by atoms with Gasteiger partial charge in [-0.25, -0.2) is 4.98 Å². The zero-order valence-corrected chi connectivity index (χ0v) is 16.7. The minimum absolute atomic E-state index is 0.147. The number of nitrogens with zero attached hydrogens (tertiary/aromatic N) is 1. The second-order valence-electron chi connectivity index (χ2n) is 6.17. The summed E-state index contributed by atoms with van der Waals surface area (Å²) in [5.41, 5.74) is 4.01. The number of rotatable bonds is 6. The molecule has 0 fully saturated rings. The van der Waals surface area contributed by atoms with Crippen LogP contribution in [0.3, 0.4) is 0 Å². The fourth-order valence-electron chi connectivity index (χ4n) is 2.68. The molecule has 1 amide bonds. The first kappa shape index (κ1) is 18.5. The molecule has 1 N–H and O–H groups in total. The number of hydrogen-bond donors (Lipinski definition) is 1. The normalized spacial score (nSPS) is 11.1. The molecule has 0 aliphatic rings. The van der Waals surface area contributed by atoms with Gasteiger partial charge in [0.2, 0.25) is 5.91 Å². The Kier molecular flexibility index (Phi) is 5.85. The molecule has 0 spiro atoms. The quantitative estimate of drug-likeness (QED) is 0.307. The van der Waals surface area contributed by atoms with Gasteiger partial charge in [0.05, 0.1) is 10.2 Å². The van der Waals surface area contributed by atoms with E-state index in [0.717, 1.165) is 31.6 Å². The summed E-state index contributed by atoms with van der Waals surface area (Å²) >= 11 is 3.38. The average molecular weight is 403 g/mol. The van der Waals surface area contributed by atoms with E-state index in [1.807, 2.05) is 54.6 Å². The lowest BCUT2D eigenvalue weighted by Gasteiger charge is -2.01. The fourth-order valence-corrected chi connectivity index (χ4v) is 4.75. The van der Waals surface area contributed by atoms with Gasteiger partial charge in [-0.2, -0.15) is 0 Å². The van der Waals surface area contributed by atoms with Crippen molar-refractivity contribution in [2.75, 3.05) is 5.32 Å². The van der Waals surface area contributed by atoms with E-state index >= 15 is 0 Å². The first-order valence-electron chi connectivity index (χ1n) is 8.88. The molecule has 4 rings (SSSR count). The number of nitrogens with one attached hydrogen (secondary N) is 1. The highest BCUT2D eigenvalue weighted by molar-refractivity contribution is 8.00. The Morgan fingerprint density at radius 1 is 1.00 bits per heavy atom. The van der Waals surface area contributed by atoms with Crippen LogP contribution in [0, 0.1) is 0 Å². The van der Waals surface area contributed by atoms with Crippen molar-refractivity contribution in [2.24, 2.45) is 0 Å². The van der Waals surface area contributed by atoms with Crippen LogP contribution in [0.2, 0.25) is 0 Å². The highest BCUT2D eigenvalue weighted by atomic mass is 32.2. The summed E-state index contributed by atoms with van der Waals surface area (Å²) < 4.78 is 2.10. The Labute approximate surface area is 172 Å². The summed E-state index contributed by atoms with van der Waals surface area (Å²) in [4.78, 5) is 16.9. The van der Waals surface area contributed by atoms with Crippen LogP contribution in [-0.4, -0.2) is 10.9 Å². The van der Waals surface area contributed by atoms with Gasteiger partial charge < -0.3 is 5.32 Å². The van der Waals surface area contributed by atoms with E-state index in [1.54, 1.807) is 35.3 Å². The lowest BCUT2D eigenvalue weighted by Crippen LogP contribution is -2.07. The lowest BCUT2D eigenvalue weighted by molar-refractivity contribution is -0.111. The van der Waals surface area contributed by atoms with E-state index in [9.17, 15) is 4.79 Å². The van der Waals surface area contributed by atoms with Crippen LogP contribution in [0.4, 0.5) is 5.69 Å². The number of carbonyl (C=O) groups is 1. The molecular weight excluding hydrogens is 384 g/mol. The van der Waals surface area contributed by atoms with E-state index in [0.29, 0.717) is 0 Å². The Balaban J connectivity index is 1.41. The maximum absolute atomic E-state index is 12.2. The first-order valence-corrected chi connectivity index (χ1v) is 10.7. The van der Waals surface area contributed by atoms with Crippen molar-refractivity contribution in [1.82, 2.24) is 4.98 Å². The third kappa shape index (κ3) is 4.88. The zero-order chi connectivity index (χ0) is 19.2. The van der Waals surface area contributed by atoms with Crippen LogP contribution >= 0.6 is 23.1 Å². The average Bonchev–Trinajstić information content (AvgIpc) is 3.14.